The molecule has 0 unspecified atom stereocenters. The van der Waals surface area contributed by atoms with Gasteiger partial charge in [0, 0.05) is 11.6 Å². The maximum Gasteiger partial charge on any atom is 0.337 e. The van der Waals surface area contributed by atoms with Crippen molar-refractivity contribution in [3.63, 3.8) is 0 Å². The molecule has 122 valence electrons. The van der Waals surface area contributed by atoms with E-state index >= 15 is 0 Å². The number of ether oxygens (including phenoxy) is 1. The number of carbonyl (C=O) groups excluding carboxylic acids is 1. The van der Waals surface area contributed by atoms with Gasteiger partial charge in [0.25, 0.3) is 0 Å². The van der Waals surface area contributed by atoms with E-state index in [1.807, 2.05) is 0 Å². The van der Waals surface area contributed by atoms with Gasteiger partial charge in [0.15, 0.2) is 0 Å². The average molecular weight is 358 g/mol. The van der Waals surface area contributed by atoms with Gasteiger partial charge < -0.3 is 4.74 Å². The summed E-state index contributed by atoms with van der Waals surface area (Å²) in [6, 6.07) is 9.50. The Morgan fingerprint density at radius 3 is 2.43 bits per heavy atom. The van der Waals surface area contributed by atoms with Crippen LogP contribution < -0.4 is 4.72 Å². The van der Waals surface area contributed by atoms with Crippen molar-refractivity contribution in [2.45, 2.75) is 11.4 Å². The van der Waals surface area contributed by atoms with E-state index in [9.17, 15) is 17.6 Å². The Morgan fingerprint density at radius 2 is 1.87 bits per heavy atom. The molecule has 0 heterocycles. The summed E-state index contributed by atoms with van der Waals surface area (Å²) in [6.07, 6.45) is 0. The molecule has 0 aromatic heterocycles. The topological polar surface area (TPSA) is 72.5 Å². The molecule has 2 rings (SSSR count). The summed E-state index contributed by atoms with van der Waals surface area (Å²) in [7, 11) is -2.74. The Hall–Kier alpha value is -1.96. The van der Waals surface area contributed by atoms with Crippen molar-refractivity contribution in [1.82, 2.24) is 4.72 Å². The number of hydrogen-bond acceptors (Lipinski definition) is 4. The Bertz CT molecular complexity index is 822. The van der Waals surface area contributed by atoms with E-state index in [1.54, 1.807) is 12.1 Å². The van der Waals surface area contributed by atoms with Crippen LogP contribution in [0.5, 0.6) is 0 Å². The lowest BCUT2D eigenvalue weighted by atomic mass is 10.1. The average Bonchev–Trinajstić information content (AvgIpc) is 2.52. The normalized spacial score (nSPS) is 11.3. The van der Waals surface area contributed by atoms with Gasteiger partial charge >= 0.3 is 5.97 Å². The van der Waals surface area contributed by atoms with Gasteiger partial charge in [-0.2, -0.15) is 0 Å². The lowest BCUT2D eigenvalue weighted by Gasteiger charge is -2.08. The predicted molar refractivity (Wildman–Crippen MR) is 83.2 cm³/mol. The zero-order valence-electron chi connectivity index (χ0n) is 12.0. The zero-order valence-corrected chi connectivity index (χ0v) is 13.6. The van der Waals surface area contributed by atoms with E-state index in [0.29, 0.717) is 11.1 Å². The Morgan fingerprint density at radius 1 is 1.22 bits per heavy atom. The van der Waals surface area contributed by atoms with Crippen molar-refractivity contribution in [3.8, 4) is 0 Å². The molecule has 0 aliphatic heterocycles. The van der Waals surface area contributed by atoms with Crippen molar-refractivity contribution >= 4 is 27.6 Å². The van der Waals surface area contributed by atoms with Crippen molar-refractivity contribution in [2.75, 3.05) is 7.11 Å². The van der Waals surface area contributed by atoms with Crippen LogP contribution in [0.25, 0.3) is 0 Å². The van der Waals surface area contributed by atoms with E-state index < -0.39 is 26.7 Å². The number of nitrogens with one attached hydrogen (secondary N) is 1. The molecule has 0 amide bonds. The first kappa shape index (κ1) is 17.4. The lowest BCUT2D eigenvalue weighted by molar-refractivity contribution is 0.0600. The van der Waals surface area contributed by atoms with Gasteiger partial charge in [-0.15, -0.1) is 0 Å². The molecule has 1 N–H and O–H groups in total. The molecule has 23 heavy (non-hydrogen) atoms. The minimum atomic E-state index is -4.01. The van der Waals surface area contributed by atoms with Crippen LogP contribution in [0.15, 0.2) is 47.4 Å². The summed E-state index contributed by atoms with van der Waals surface area (Å²) in [5, 5.41) is 0.111. The number of benzene rings is 2. The zero-order chi connectivity index (χ0) is 17.0. The fourth-order valence-electron chi connectivity index (χ4n) is 1.83. The molecular formula is C15H13ClFNO4S. The summed E-state index contributed by atoms with van der Waals surface area (Å²) < 4.78 is 44.7. The molecule has 0 spiro atoms. The van der Waals surface area contributed by atoms with E-state index in [1.165, 1.54) is 25.3 Å². The molecule has 5 nitrogen and oxygen atoms in total. The molecular weight excluding hydrogens is 345 g/mol. The molecule has 0 atom stereocenters. The van der Waals surface area contributed by atoms with Crippen LogP contribution in [0.1, 0.15) is 15.9 Å². The van der Waals surface area contributed by atoms with Crippen molar-refractivity contribution < 1.29 is 22.3 Å². The third-order valence-electron chi connectivity index (χ3n) is 3.02. The van der Waals surface area contributed by atoms with Crippen LogP contribution in [-0.4, -0.2) is 21.5 Å². The van der Waals surface area contributed by atoms with Crippen LogP contribution in [0.2, 0.25) is 5.02 Å². The van der Waals surface area contributed by atoms with Crippen molar-refractivity contribution in [2.24, 2.45) is 0 Å². The quantitative estimate of drug-likeness (QED) is 0.835. The second-order valence-corrected chi connectivity index (χ2v) is 6.76. The van der Waals surface area contributed by atoms with Crippen LogP contribution >= 0.6 is 11.6 Å². The SMILES string of the molecule is COC(=O)c1ccc(CNS(=O)(=O)c2ccc(Cl)cc2F)cc1. The van der Waals surface area contributed by atoms with Gasteiger partial charge in [0.2, 0.25) is 10.0 Å². The second kappa shape index (κ2) is 7.08. The van der Waals surface area contributed by atoms with E-state index in [0.717, 1.165) is 12.1 Å². The summed E-state index contributed by atoms with van der Waals surface area (Å²) in [6.45, 7) is -0.0497. The summed E-state index contributed by atoms with van der Waals surface area (Å²) in [4.78, 5) is 10.8. The number of sulfonamides is 1. The van der Waals surface area contributed by atoms with Gasteiger partial charge in [-0.1, -0.05) is 23.7 Å². The van der Waals surface area contributed by atoms with Crippen molar-refractivity contribution in [3.05, 3.63) is 64.4 Å². The first-order valence-corrected chi connectivity index (χ1v) is 8.31. The van der Waals surface area contributed by atoms with E-state index in [4.69, 9.17) is 11.6 Å². The third kappa shape index (κ3) is 4.28. The highest BCUT2D eigenvalue weighted by Crippen LogP contribution is 2.19. The fraction of sp³-hybridized carbons (Fsp3) is 0.133. The van der Waals surface area contributed by atoms with Crippen LogP contribution in [0.3, 0.4) is 0 Å². The molecule has 0 aliphatic carbocycles. The minimum absolute atomic E-state index is 0.0497. The molecule has 0 saturated carbocycles. The predicted octanol–water partition coefficient (Wildman–Crippen LogP) is 2.74. The number of esters is 1. The maximum absolute atomic E-state index is 13.7. The Labute approximate surface area is 138 Å². The highest BCUT2D eigenvalue weighted by molar-refractivity contribution is 7.89. The largest absolute Gasteiger partial charge is 0.465 e. The maximum atomic E-state index is 13.7. The number of methoxy groups -OCH3 is 1. The number of rotatable bonds is 5. The Kier molecular flexibility index (Phi) is 5.35. The fourth-order valence-corrected chi connectivity index (χ4v) is 3.06. The van der Waals surface area contributed by atoms with Gasteiger partial charge in [-0.3, -0.25) is 0 Å². The van der Waals surface area contributed by atoms with Crippen molar-refractivity contribution in [1.29, 1.82) is 0 Å². The van der Waals surface area contributed by atoms with Gasteiger partial charge in [0.05, 0.1) is 12.7 Å². The van der Waals surface area contributed by atoms with Gasteiger partial charge in [-0.05, 0) is 35.9 Å². The molecule has 2 aromatic carbocycles. The van der Waals surface area contributed by atoms with Crippen LogP contribution in [0, 0.1) is 5.82 Å². The second-order valence-electron chi connectivity index (χ2n) is 4.59. The molecule has 0 bridgehead atoms. The molecule has 0 saturated heterocycles. The lowest BCUT2D eigenvalue weighted by Crippen LogP contribution is -2.24. The summed E-state index contributed by atoms with van der Waals surface area (Å²) >= 11 is 5.60. The van der Waals surface area contributed by atoms with Crippen LogP contribution in [-0.2, 0) is 21.3 Å². The highest BCUT2D eigenvalue weighted by Gasteiger charge is 2.19. The monoisotopic (exact) mass is 357 g/mol. The molecule has 2 aromatic rings. The van der Waals surface area contributed by atoms with E-state index in [2.05, 4.69) is 9.46 Å². The molecule has 8 heteroatoms. The standard InChI is InChI=1S/C15H13ClFNO4S/c1-22-15(19)11-4-2-10(3-5-11)9-18-23(20,21)14-7-6-12(16)8-13(14)17/h2-8,18H,9H2,1H3. The third-order valence-corrected chi connectivity index (χ3v) is 4.69. The summed E-state index contributed by atoms with van der Waals surface area (Å²) in [5.74, 6) is -1.41. The first-order chi connectivity index (χ1) is 10.8. The highest BCUT2D eigenvalue weighted by atomic mass is 35.5. The van der Waals surface area contributed by atoms with Gasteiger partial charge in [-0.25, -0.2) is 22.3 Å². The number of hydrogen-bond donors (Lipinski definition) is 1. The number of carbonyl (C=O) groups is 1. The molecule has 0 aliphatic rings. The van der Waals surface area contributed by atoms with Gasteiger partial charge in [0.1, 0.15) is 10.7 Å². The molecule has 0 fully saturated rings. The minimum Gasteiger partial charge on any atom is -0.465 e. The smallest absolute Gasteiger partial charge is 0.337 e. The van der Waals surface area contributed by atoms with E-state index in [-0.39, 0.29) is 11.6 Å². The Balaban J connectivity index is 2.11. The number of halogens is 2. The first-order valence-electron chi connectivity index (χ1n) is 6.45. The van der Waals surface area contributed by atoms with Crippen LogP contribution in [0.4, 0.5) is 4.39 Å². The molecule has 0 radical (unpaired) electrons. The summed E-state index contributed by atoms with van der Waals surface area (Å²) in [5.41, 5.74) is 0.957.